The molecule has 29 heavy (non-hydrogen) atoms. The molecule has 3 aromatic heterocycles. The van der Waals surface area contributed by atoms with Crippen LogP contribution >= 0.6 is 11.5 Å². The molecule has 0 bridgehead atoms. The van der Waals surface area contributed by atoms with Crippen LogP contribution in [0.2, 0.25) is 0 Å². The zero-order chi connectivity index (χ0) is 20.1. The van der Waals surface area contributed by atoms with Crippen LogP contribution < -0.4 is 10.1 Å². The molecular weight excluding hydrogens is 384 g/mol. The van der Waals surface area contributed by atoms with E-state index >= 15 is 0 Å². The Bertz CT molecular complexity index is 1060. The number of aromatic nitrogens is 5. The van der Waals surface area contributed by atoms with Crippen molar-refractivity contribution in [2.75, 3.05) is 12.4 Å². The molecule has 8 heteroatoms. The molecule has 0 saturated heterocycles. The Morgan fingerprint density at radius 2 is 2.00 bits per heavy atom. The van der Waals surface area contributed by atoms with Gasteiger partial charge in [0.25, 0.3) is 0 Å². The molecule has 0 atom stereocenters. The van der Waals surface area contributed by atoms with Crippen molar-refractivity contribution in [1.82, 2.24) is 24.1 Å². The predicted molar refractivity (Wildman–Crippen MR) is 115 cm³/mol. The number of rotatable bonds is 8. The smallest absolute Gasteiger partial charge is 0.208 e. The highest BCUT2D eigenvalue weighted by molar-refractivity contribution is 7.09. The second-order valence-corrected chi connectivity index (χ2v) is 7.30. The maximum Gasteiger partial charge on any atom is 0.208 e. The van der Waals surface area contributed by atoms with Gasteiger partial charge in [-0.1, -0.05) is 31.5 Å². The van der Waals surface area contributed by atoms with Gasteiger partial charge in [-0.2, -0.15) is 14.5 Å². The Kier molecular flexibility index (Phi) is 5.81. The van der Waals surface area contributed by atoms with Gasteiger partial charge in [0, 0.05) is 23.9 Å². The summed E-state index contributed by atoms with van der Waals surface area (Å²) in [5, 5.41) is 8.69. The van der Waals surface area contributed by atoms with E-state index in [9.17, 15) is 0 Å². The molecule has 1 N–H and O–H groups in total. The minimum Gasteiger partial charge on any atom is -0.497 e. The number of nitrogens with one attached hydrogen (secondary N) is 1. The van der Waals surface area contributed by atoms with Gasteiger partial charge in [-0.15, -0.1) is 0 Å². The first kappa shape index (κ1) is 19.1. The first-order valence-electron chi connectivity index (χ1n) is 9.46. The van der Waals surface area contributed by atoms with Crippen LogP contribution in [0.25, 0.3) is 11.4 Å². The molecule has 0 spiro atoms. The van der Waals surface area contributed by atoms with Gasteiger partial charge in [0.05, 0.1) is 24.9 Å². The number of pyridine rings is 1. The Morgan fingerprint density at radius 1 is 1.14 bits per heavy atom. The number of nitrogens with zero attached hydrogens (tertiary/aromatic N) is 5. The summed E-state index contributed by atoms with van der Waals surface area (Å²) in [6.45, 7) is 2.83. The lowest BCUT2D eigenvalue weighted by Crippen LogP contribution is -2.01. The number of methoxy groups -OCH3 is 1. The van der Waals surface area contributed by atoms with Gasteiger partial charge in [0.15, 0.2) is 5.82 Å². The van der Waals surface area contributed by atoms with E-state index in [1.807, 2.05) is 41.2 Å². The summed E-state index contributed by atoms with van der Waals surface area (Å²) in [5.74, 6) is 2.29. The summed E-state index contributed by atoms with van der Waals surface area (Å²) in [6, 6.07) is 13.7. The fraction of sp³-hybridized carbons (Fsp3) is 0.238. The number of anilines is 2. The topological polar surface area (TPSA) is 77.8 Å². The molecule has 1 aromatic carbocycles. The van der Waals surface area contributed by atoms with Crippen molar-refractivity contribution in [1.29, 1.82) is 0 Å². The third kappa shape index (κ3) is 4.60. The highest BCUT2D eigenvalue weighted by atomic mass is 32.1. The van der Waals surface area contributed by atoms with Gasteiger partial charge in [-0.05, 0) is 36.2 Å². The zero-order valence-electron chi connectivity index (χ0n) is 16.4. The summed E-state index contributed by atoms with van der Waals surface area (Å²) in [6.07, 6.45) is 5.66. The second-order valence-electron chi connectivity index (χ2n) is 6.55. The van der Waals surface area contributed by atoms with Crippen molar-refractivity contribution in [2.24, 2.45) is 0 Å². The summed E-state index contributed by atoms with van der Waals surface area (Å²) >= 11 is 1.32. The molecule has 0 fully saturated rings. The van der Waals surface area contributed by atoms with Crippen LogP contribution in [0.3, 0.4) is 0 Å². The third-order valence-corrected chi connectivity index (χ3v) is 5.03. The third-order valence-electron chi connectivity index (χ3n) is 4.40. The normalized spacial score (nSPS) is 10.8. The zero-order valence-corrected chi connectivity index (χ0v) is 17.2. The Hall–Kier alpha value is -3.26. The largest absolute Gasteiger partial charge is 0.497 e. The van der Waals surface area contributed by atoms with Crippen LogP contribution in [0.15, 0.2) is 54.9 Å². The van der Waals surface area contributed by atoms with E-state index < -0.39 is 0 Å². The van der Waals surface area contributed by atoms with Crippen molar-refractivity contribution in [2.45, 2.75) is 26.3 Å². The SMILES string of the molecule is CCCc1nn(Cc2ccc(OC)cc2)cc1-c1nsc(Nc2ccccn2)n1. The molecular formula is C21H22N6OS. The van der Waals surface area contributed by atoms with Crippen LogP contribution in [0.5, 0.6) is 5.75 Å². The van der Waals surface area contributed by atoms with Crippen LogP contribution in [0.1, 0.15) is 24.6 Å². The Morgan fingerprint density at radius 3 is 2.72 bits per heavy atom. The van der Waals surface area contributed by atoms with Gasteiger partial charge in [0.2, 0.25) is 5.13 Å². The van der Waals surface area contributed by atoms with E-state index in [1.54, 1.807) is 13.3 Å². The first-order valence-corrected chi connectivity index (χ1v) is 10.2. The van der Waals surface area contributed by atoms with E-state index in [4.69, 9.17) is 9.84 Å². The van der Waals surface area contributed by atoms with Crippen molar-refractivity contribution in [3.05, 3.63) is 66.1 Å². The van der Waals surface area contributed by atoms with E-state index in [-0.39, 0.29) is 0 Å². The van der Waals surface area contributed by atoms with Gasteiger partial charge >= 0.3 is 0 Å². The van der Waals surface area contributed by atoms with Crippen LogP contribution in [-0.2, 0) is 13.0 Å². The average Bonchev–Trinajstić information content (AvgIpc) is 3.36. The van der Waals surface area contributed by atoms with Crippen LogP contribution in [-0.4, -0.2) is 31.2 Å². The molecule has 0 aliphatic heterocycles. The standard InChI is InChI=1S/C21H22N6OS/c1-3-6-18-17(14-27(25-18)13-15-8-10-16(28-2)11-9-15)20-24-21(29-26-20)23-19-7-4-5-12-22-19/h4-5,7-12,14H,3,6,13H2,1-2H3,(H,22,23,24,26). The number of ether oxygens (including phenoxy) is 1. The summed E-state index contributed by atoms with van der Waals surface area (Å²) in [7, 11) is 1.67. The maximum atomic E-state index is 5.23. The summed E-state index contributed by atoms with van der Waals surface area (Å²) in [4.78, 5) is 8.92. The minimum absolute atomic E-state index is 0.684. The molecule has 4 rings (SSSR count). The molecule has 0 aliphatic carbocycles. The van der Waals surface area contributed by atoms with Gasteiger partial charge in [-0.25, -0.2) is 4.98 Å². The number of hydrogen-bond acceptors (Lipinski definition) is 7. The van der Waals surface area contributed by atoms with Crippen molar-refractivity contribution < 1.29 is 4.74 Å². The fourth-order valence-electron chi connectivity index (χ4n) is 3.00. The lowest BCUT2D eigenvalue weighted by atomic mass is 10.1. The van der Waals surface area contributed by atoms with Crippen LogP contribution in [0, 0.1) is 0 Å². The quantitative estimate of drug-likeness (QED) is 0.463. The molecule has 148 valence electrons. The summed E-state index contributed by atoms with van der Waals surface area (Å²) in [5.41, 5.74) is 3.15. The first-order chi connectivity index (χ1) is 14.2. The monoisotopic (exact) mass is 406 g/mol. The lowest BCUT2D eigenvalue weighted by Gasteiger charge is -2.03. The van der Waals surface area contributed by atoms with Gasteiger partial charge < -0.3 is 10.1 Å². The van der Waals surface area contributed by atoms with E-state index in [0.717, 1.165) is 41.2 Å². The average molecular weight is 407 g/mol. The predicted octanol–water partition coefficient (Wildman–Crippen LogP) is 4.55. The molecule has 0 radical (unpaired) electrons. The number of hydrogen-bond donors (Lipinski definition) is 1. The highest BCUT2D eigenvalue weighted by Gasteiger charge is 2.16. The van der Waals surface area contributed by atoms with Crippen molar-refractivity contribution in [3.8, 4) is 17.1 Å². The van der Waals surface area contributed by atoms with Crippen molar-refractivity contribution in [3.63, 3.8) is 0 Å². The Labute approximate surface area is 173 Å². The molecule has 0 amide bonds. The molecule has 0 aliphatic rings. The highest BCUT2D eigenvalue weighted by Crippen LogP contribution is 2.26. The van der Waals surface area contributed by atoms with Crippen LogP contribution in [0.4, 0.5) is 10.9 Å². The fourth-order valence-corrected chi connectivity index (χ4v) is 3.59. The van der Waals surface area contributed by atoms with E-state index in [0.29, 0.717) is 17.5 Å². The number of benzene rings is 1. The van der Waals surface area contributed by atoms with Gasteiger partial charge in [-0.3, -0.25) is 4.68 Å². The second kappa shape index (κ2) is 8.83. The molecule has 3 heterocycles. The molecule has 0 unspecified atom stereocenters. The lowest BCUT2D eigenvalue weighted by molar-refractivity contribution is 0.414. The molecule has 7 nitrogen and oxygen atoms in total. The van der Waals surface area contributed by atoms with Crippen molar-refractivity contribution >= 4 is 22.5 Å². The van der Waals surface area contributed by atoms with E-state index in [1.165, 1.54) is 11.5 Å². The minimum atomic E-state index is 0.684. The summed E-state index contributed by atoms with van der Waals surface area (Å²) < 4.78 is 11.7. The van der Waals surface area contributed by atoms with E-state index in [2.05, 4.69) is 38.7 Å². The number of aryl methyl sites for hydroxylation is 1. The van der Waals surface area contributed by atoms with Gasteiger partial charge in [0.1, 0.15) is 11.6 Å². The maximum absolute atomic E-state index is 5.23. The molecule has 4 aromatic rings. The Balaban J connectivity index is 1.56. The molecule has 0 saturated carbocycles.